The van der Waals surface area contributed by atoms with E-state index in [1.54, 1.807) is 0 Å². The maximum absolute atomic E-state index is 12.6. The molecule has 0 unspecified atom stereocenters. The molecule has 3 aliphatic rings. The molecule has 0 aromatic heterocycles. The van der Waals surface area contributed by atoms with Crippen molar-refractivity contribution in [3.05, 3.63) is 34.9 Å². The number of nitrogens with zero attached hydrogens (tertiary/aromatic N) is 1. The van der Waals surface area contributed by atoms with E-state index in [9.17, 15) is 9.59 Å². The van der Waals surface area contributed by atoms with Crippen LogP contribution in [0, 0.1) is 0 Å². The van der Waals surface area contributed by atoms with E-state index in [1.807, 2.05) is 6.92 Å². The monoisotopic (exact) mass is 368 g/mol. The highest BCUT2D eigenvalue weighted by Crippen LogP contribution is 2.47. The van der Waals surface area contributed by atoms with Crippen LogP contribution in [-0.4, -0.2) is 35.8 Å². The molecule has 4 heteroatoms. The van der Waals surface area contributed by atoms with Crippen LogP contribution >= 0.6 is 0 Å². The molecule has 2 amide bonds. The van der Waals surface area contributed by atoms with Crippen molar-refractivity contribution in [2.24, 2.45) is 0 Å². The van der Waals surface area contributed by atoms with Gasteiger partial charge in [0, 0.05) is 12.5 Å². The Morgan fingerprint density at radius 3 is 2.30 bits per heavy atom. The Labute approximate surface area is 162 Å². The van der Waals surface area contributed by atoms with Gasteiger partial charge in [-0.05, 0) is 94.5 Å². The average Bonchev–Trinajstić information content (AvgIpc) is 3.50. The summed E-state index contributed by atoms with van der Waals surface area (Å²) in [6.45, 7) is 8.91. The van der Waals surface area contributed by atoms with Crippen molar-refractivity contribution < 1.29 is 9.59 Å². The molecule has 1 atom stereocenters. The molecule has 27 heavy (non-hydrogen) atoms. The van der Waals surface area contributed by atoms with Gasteiger partial charge in [-0.3, -0.25) is 14.9 Å². The van der Waals surface area contributed by atoms with Crippen LogP contribution in [0.1, 0.15) is 87.8 Å². The van der Waals surface area contributed by atoms with Crippen LogP contribution in [0.3, 0.4) is 0 Å². The zero-order chi connectivity index (χ0) is 19.2. The number of rotatable bonds is 4. The number of imide groups is 1. The lowest BCUT2D eigenvalue weighted by Crippen LogP contribution is -2.49. The topological polar surface area (TPSA) is 49.4 Å². The van der Waals surface area contributed by atoms with Gasteiger partial charge in [0.25, 0.3) is 0 Å². The summed E-state index contributed by atoms with van der Waals surface area (Å²) >= 11 is 0. The number of carbonyl (C=O) groups excluding carboxylic acids is 2. The number of benzene rings is 1. The van der Waals surface area contributed by atoms with E-state index in [0.29, 0.717) is 30.7 Å². The molecule has 4 rings (SSSR count). The lowest BCUT2D eigenvalue weighted by molar-refractivity contribution is -0.137. The van der Waals surface area contributed by atoms with Crippen molar-refractivity contribution >= 4 is 11.8 Å². The molecule has 1 aromatic carbocycles. The molecular formula is C23H32N2O2. The molecule has 1 aromatic rings. The van der Waals surface area contributed by atoms with E-state index >= 15 is 0 Å². The van der Waals surface area contributed by atoms with Crippen LogP contribution in [0.25, 0.3) is 0 Å². The Hall–Kier alpha value is -1.68. The van der Waals surface area contributed by atoms with E-state index in [1.165, 1.54) is 49.9 Å². The SMILES string of the molecule is CC(C)N1CCC(c2ccc([C@]3(C)CCC(=O)NC3=O)cc2C2CC2)CC1. The first-order valence-electron chi connectivity index (χ1n) is 10.6. The summed E-state index contributed by atoms with van der Waals surface area (Å²) < 4.78 is 0. The fraction of sp³-hybridized carbons (Fsp3) is 0.652. The van der Waals surface area contributed by atoms with Gasteiger partial charge in [0.2, 0.25) is 11.8 Å². The van der Waals surface area contributed by atoms with Crippen molar-refractivity contribution in [3.8, 4) is 0 Å². The summed E-state index contributed by atoms with van der Waals surface area (Å²) in [4.78, 5) is 26.7. The molecule has 0 bridgehead atoms. The predicted molar refractivity (Wildman–Crippen MR) is 107 cm³/mol. The van der Waals surface area contributed by atoms with Crippen LogP contribution < -0.4 is 5.32 Å². The van der Waals surface area contributed by atoms with E-state index in [-0.39, 0.29) is 11.8 Å². The minimum absolute atomic E-state index is 0.140. The quantitative estimate of drug-likeness (QED) is 0.822. The van der Waals surface area contributed by atoms with E-state index in [2.05, 4.69) is 42.3 Å². The number of hydrogen-bond donors (Lipinski definition) is 1. The fourth-order valence-electron chi connectivity index (χ4n) is 4.84. The van der Waals surface area contributed by atoms with Gasteiger partial charge >= 0.3 is 0 Å². The molecular weight excluding hydrogens is 336 g/mol. The second-order valence-corrected chi connectivity index (χ2v) is 9.23. The van der Waals surface area contributed by atoms with E-state index in [4.69, 9.17) is 0 Å². The Morgan fingerprint density at radius 2 is 1.70 bits per heavy atom. The number of carbonyl (C=O) groups is 2. The minimum Gasteiger partial charge on any atom is -0.301 e. The molecule has 2 aliphatic heterocycles. The molecule has 2 heterocycles. The molecule has 3 fully saturated rings. The molecule has 4 nitrogen and oxygen atoms in total. The summed E-state index contributed by atoms with van der Waals surface area (Å²) in [5.74, 6) is 1.02. The lowest BCUT2D eigenvalue weighted by atomic mass is 9.73. The number of likely N-dealkylation sites (tertiary alicyclic amines) is 1. The second kappa shape index (κ2) is 7.05. The average molecular weight is 369 g/mol. The summed E-state index contributed by atoms with van der Waals surface area (Å²) in [6, 6.07) is 7.39. The largest absolute Gasteiger partial charge is 0.301 e. The van der Waals surface area contributed by atoms with Gasteiger partial charge in [0.15, 0.2) is 0 Å². The summed E-state index contributed by atoms with van der Waals surface area (Å²) in [7, 11) is 0. The summed E-state index contributed by atoms with van der Waals surface area (Å²) in [6.07, 6.45) is 6.02. The third kappa shape index (κ3) is 3.56. The van der Waals surface area contributed by atoms with Gasteiger partial charge in [0.1, 0.15) is 0 Å². The number of nitrogens with one attached hydrogen (secondary N) is 1. The second-order valence-electron chi connectivity index (χ2n) is 9.23. The van der Waals surface area contributed by atoms with Gasteiger partial charge in [-0.25, -0.2) is 0 Å². The lowest BCUT2D eigenvalue weighted by Gasteiger charge is -2.36. The fourth-order valence-corrected chi connectivity index (χ4v) is 4.84. The Kier molecular flexibility index (Phi) is 4.87. The summed E-state index contributed by atoms with van der Waals surface area (Å²) in [5.41, 5.74) is 3.48. The molecule has 1 N–H and O–H groups in total. The van der Waals surface area contributed by atoms with Crippen molar-refractivity contribution in [2.75, 3.05) is 13.1 Å². The van der Waals surface area contributed by atoms with Gasteiger partial charge in [-0.2, -0.15) is 0 Å². The highest BCUT2D eigenvalue weighted by atomic mass is 16.2. The smallest absolute Gasteiger partial charge is 0.236 e. The van der Waals surface area contributed by atoms with Gasteiger partial charge in [0.05, 0.1) is 5.41 Å². The first kappa shape index (κ1) is 18.7. The Balaban J connectivity index is 1.60. The highest BCUT2D eigenvalue weighted by Gasteiger charge is 2.41. The Morgan fingerprint density at radius 1 is 1.04 bits per heavy atom. The third-order valence-corrected chi connectivity index (χ3v) is 7.05. The third-order valence-electron chi connectivity index (χ3n) is 7.05. The van der Waals surface area contributed by atoms with Crippen molar-refractivity contribution in [1.29, 1.82) is 0 Å². The molecule has 2 saturated heterocycles. The van der Waals surface area contributed by atoms with Crippen molar-refractivity contribution in [3.63, 3.8) is 0 Å². The summed E-state index contributed by atoms with van der Waals surface area (Å²) in [5, 5.41) is 2.54. The van der Waals surface area contributed by atoms with Crippen LogP contribution in [0.15, 0.2) is 18.2 Å². The van der Waals surface area contributed by atoms with Crippen LogP contribution in [0.5, 0.6) is 0 Å². The first-order valence-corrected chi connectivity index (χ1v) is 10.6. The van der Waals surface area contributed by atoms with Gasteiger partial charge in [-0.15, -0.1) is 0 Å². The molecule has 0 radical (unpaired) electrons. The molecule has 1 saturated carbocycles. The van der Waals surface area contributed by atoms with Crippen LogP contribution in [-0.2, 0) is 15.0 Å². The van der Waals surface area contributed by atoms with E-state index < -0.39 is 5.41 Å². The zero-order valence-electron chi connectivity index (χ0n) is 16.9. The number of hydrogen-bond acceptors (Lipinski definition) is 3. The molecule has 1 aliphatic carbocycles. The van der Waals surface area contributed by atoms with Crippen molar-refractivity contribution in [2.45, 2.75) is 82.6 Å². The van der Waals surface area contributed by atoms with Crippen molar-refractivity contribution in [1.82, 2.24) is 10.2 Å². The van der Waals surface area contributed by atoms with Gasteiger partial charge in [-0.1, -0.05) is 18.2 Å². The normalized spacial score (nSPS) is 27.9. The minimum atomic E-state index is -0.586. The standard InChI is InChI=1S/C23H32N2O2/c1-15(2)25-12-9-17(10-13-25)19-7-6-18(14-20(19)16-4-5-16)23(3)11-8-21(26)24-22(23)27/h6-7,14-17H,4-5,8-13H2,1-3H3,(H,24,26,27)/t23-/m0/s1. The van der Waals surface area contributed by atoms with Crippen LogP contribution in [0.2, 0.25) is 0 Å². The number of amides is 2. The molecule has 0 spiro atoms. The maximum atomic E-state index is 12.6. The maximum Gasteiger partial charge on any atom is 0.236 e. The Bertz CT molecular complexity index is 745. The van der Waals surface area contributed by atoms with E-state index in [0.717, 1.165) is 5.56 Å². The zero-order valence-corrected chi connectivity index (χ0v) is 16.9. The number of piperidine rings is 2. The van der Waals surface area contributed by atoms with Gasteiger partial charge < -0.3 is 4.90 Å². The highest BCUT2D eigenvalue weighted by molar-refractivity contribution is 6.03. The van der Waals surface area contributed by atoms with Crippen LogP contribution in [0.4, 0.5) is 0 Å². The first-order chi connectivity index (χ1) is 12.9. The molecule has 146 valence electrons. The predicted octanol–water partition coefficient (Wildman–Crippen LogP) is 3.85.